The van der Waals surface area contributed by atoms with E-state index in [9.17, 15) is 18.0 Å². The molecule has 1 aromatic carbocycles. The molecule has 134 valence electrons. The van der Waals surface area contributed by atoms with E-state index in [2.05, 4.69) is 20.5 Å². The summed E-state index contributed by atoms with van der Waals surface area (Å²) in [5.74, 6) is -1.25. The van der Waals surface area contributed by atoms with Crippen molar-refractivity contribution in [2.45, 2.75) is 13.0 Å². The van der Waals surface area contributed by atoms with Gasteiger partial charge in [0.1, 0.15) is 18.1 Å². The van der Waals surface area contributed by atoms with Crippen molar-refractivity contribution in [3.8, 4) is 11.6 Å². The first-order valence-electron chi connectivity index (χ1n) is 7.20. The van der Waals surface area contributed by atoms with E-state index in [1.165, 1.54) is 24.3 Å². The molecule has 0 aliphatic carbocycles. The van der Waals surface area contributed by atoms with Crippen LogP contribution in [0.4, 0.5) is 13.2 Å². The number of carbonyl (C=O) groups excluding carboxylic acids is 1. The van der Waals surface area contributed by atoms with Gasteiger partial charge in [-0.15, -0.1) is 15.3 Å². The van der Waals surface area contributed by atoms with Crippen molar-refractivity contribution in [3.05, 3.63) is 59.3 Å². The molecule has 26 heavy (non-hydrogen) atoms. The predicted octanol–water partition coefficient (Wildman–Crippen LogP) is 1.81. The van der Waals surface area contributed by atoms with Crippen molar-refractivity contribution in [3.63, 3.8) is 0 Å². The molecule has 0 saturated carbocycles. The molecule has 8 nitrogen and oxygen atoms in total. The maximum atomic E-state index is 13.2. The number of nitrogens with zero attached hydrogens (tertiary/aromatic N) is 5. The molecule has 11 heteroatoms. The Morgan fingerprint density at radius 1 is 1.12 bits per heavy atom. The monoisotopic (exact) mass is 364 g/mol. The van der Waals surface area contributed by atoms with Crippen LogP contribution in [0.25, 0.3) is 5.69 Å². The van der Waals surface area contributed by atoms with Crippen LogP contribution in [-0.4, -0.2) is 31.1 Å². The Morgan fingerprint density at radius 2 is 1.85 bits per heavy atom. The molecule has 2 heterocycles. The van der Waals surface area contributed by atoms with Crippen LogP contribution in [0.15, 0.2) is 36.4 Å². The molecule has 0 unspecified atom stereocenters. The van der Waals surface area contributed by atoms with Crippen LogP contribution in [0.2, 0.25) is 0 Å². The van der Waals surface area contributed by atoms with Crippen molar-refractivity contribution in [1.29, 1.82) is 0 Å². The highest BCUT2D eigenvalue weighted by molar-refractivity contribution is 5.90. The third kappa shape index (κ3) is 3.61. The lowest BCUT2D eigenvalue weighted by atomic mass is 10.3. The fourth-order valence-corrected chi connectivity index (χ4v) is 2.08. The number of aromatic nitrogens is 5. The van der Waals surface area contributed by atoms with Gasteiger partial charge in [0.2, 0.25) is 5.88 Å². The Morgan fingerprint density at radius 3 is 2.42 bits per heavy atom. The van der Waals surface area contributed by atoms with Crippen LogP contribution in [0.1, 0.15) is 28.3 Å². The third-order valence-corrected chi connectivity index (χ3v) is 3.32. The van der Waals surface area contributed by atoms with Crippen LogP contribution < -0.4 is 10.5 Å². The van der Waals surface area contributed by atoms with Gasteiger partial charge in [-0.1, -0.05) is 5.21 Å². The summed E-state index contributed by atoms with van der Waals surface area (Å²) in [6.07, 6.45) is -2.88. The Labute approximate surface area is 144 Å². The second-order valence-corrected chi connectivity index (χ2v) is 5.02. The van der Waals surface area contributed by atoms with Gasteiger partial charge < -0.3 is 10.5 Å². The number of rotatable bonds is 6. The Balaban J connectivity index is 1.86. The number of ether oxygens (including phenoxy) is 1. The summed E-state index contributed by atoms with van der Waals surface area (Å²) in [5, 5.41) is 14.3. The predicted molar refractivity (Wildman–Crippen MR) is 81.2 cm³/mol. The molecular formula is C15H11F3N6O2. The maximum absolute atomic E-state index is 13.2. The second kappa shape index (κ2) is 7.17. The molecule has 0 fully saturated rings. The summed E-state index contributed by atoms with van der Waals surface area (Å²) in [7, 11) is 0. The first-order valence-corrected chi connectivity index (χ1v) is 7.20. The fraction of sp³-hybridized carbons (Fsp3) is 0.133. The van der Waals surface area contributed by atoms with Gasteiger partial charge in [-0.05, 0) is 30.3 Å². The Hall–Kier alpha value is -3.50. The van der Waals surface area contributed by atoms with Gasteiger partial charge in [0, 0.05) is 6.07 Å². The van der Waals surface area contributed by atoms with Gasteiger partial charge in [-0.25, -0.2) is 17.9 Å². The second-order valence-electron chi connectivity index (χ2n) is 5.02. The molecule has 0 spiro atoms. The molecule has 0 bridgehead atoms. The fourth-order valence-electron chi connectivity index (χ4n) is 2.08. The highest BCUT2D eigenvalue weighted by Crippen LogP contribution is 2.24. The van der Waals surface area contributed by atoms with Crippen LogP contribution in [0, 0.1) is 5.82 Å². The average molecular weight is 364 g/mol. The number of amides is 1. The molecule has 2 N–H and O–H groups in total. The number of halogens is 3. The van der Waals surface area contributed by atoms with E-state index in [4.69, 9.17) is 10.5 Å². The van der Waals surface area contributed by atoms with E-state index in [-0.39, 0.29) is 23.9 Å². The number of hydrogen-bond acceptors (Lipinski definition) is 6. The molecule has 3 aromatic rings. The Bertz CT molecular complexity index is 912. The van der Waals surface area contributed by atoms with E-state index in [1.54, 1.807) is 0 Å². The summed E-state index contributed by atoms with van der Waals surface area (Å²) < 4.78 is 45.9. The number of carbonyl (C=O) groups is 1. The molecule has 0 aliphatic heterocycles. The number of hydrogen-bond donors (Lipinski definition) is 1. The molecule has 0 aliphatic rings. The maximum Gasteiger partial charge on any atom is 0.284 e. The lowest BCUT2D eigenvalue weighted by molar-refractivity contribution is 0.0994. The van der Waals surface area contributed by atoms with Crippen LogP contribution in [0.3, 0.4) is 0 Å². The van der Waals surface area contributed by atoms with Crippen molar-refractivity contribution < 1.29 is 22.7 Å². The number of primary amides is 1. The number of alkyl halides is 2. The quantitative estimate of drug-likeness (QED) is 0.715. The standard InChI is InChI=1S/C15H11F3N6O2/c16-8-1-3-9(4-2-8)24-11(13(14(17)18)22-23-24)7-26-12-6-5-10(15(19)25)20-21-12/h1-6,14H,7H2,(H2,19,25). The smallest absolute Gasteiger partial charge is 0.284 e. The number of benzene rings is 1. The molecule has 3 rings (SSSR count). The van der Waals surface area contributed by atoms with Gasteiger partial charge in [-0.3, -0.25) is 4.79 Å². The van der Waals surface area contributed by atoms with E-state index in [0.29, 0.717) is 5.69 Å². The summed E-state index contributed by atoms with van der Waals surface area (Å²) in [5.41, 5.74) is 4.71. The lowest BCUT2D eigenvalue weighted by Gasteiger charge is -2.09. The van der Waals surface area contributed by atoms with Gasteiger partial charge in [0.25, 0.3) is 12.3 Å². The van der Waals surface area contributed by atoms with E-state index in [1.807, 2.05) is 0 Å². The molecule has 1 amide bonds. The van der Waals surface area contributed by atoms with Crippen molar-refractivity contribution >= 4 is 5.91 Å². The molecule has 0 atom stereocenters. The van der Waals surface area contributed by atoms with E-state index in [0.717, 1.165) is 16.8 Å². The van der Waals surface area contributed by atoms with Gasteiger partial charge in [0.05, 0.1) is 5.69 Å². The first-order chi connectivity index (χ1) is 12.5. The summed E-state index contributed by atoms with van der Waals surface area (Å²) >= 11 is 0. The highest BCUT2D eigenvalue weighted by Gasteiger charge is 2.22. The zero-order valence-corrected chi connectivity index (χ0v) is 13.0. The van der Waals surface area contributed by atoms with Crippen molar-refractivity contribution in [1.82, 2.24) is 25.2 Å². The SMILES string of the molecule is NC(=O)c1ccc(OCc2c(C(F)F)nnn2-c2ccc(F)cc2)nn1. The molecule has 0 radical (unpaired) electrons. The summed E-state index contributed by atoms with van der Waals surface area (Å²) in [6, 6.07) is 7.67. The van der Waals surface area contributed by atoms with Gasteiger partial charge in [-0.2, -0.15) is 0 Å². The van der Waals surface area contributed by atoms with E-state index >= 15 is 0 Å². The van der Waals surface area contributed by atoms with Crippen LogP contribution in [0.5, 0.6) is 5.88 Å². The summed E-state index contributed by atoms with van der Waals surface area (Å²) in [4.78, 5) is 11.0. The zero-order valence-electron chi connectivity index (χ0n) is 13.0. The Kier molecular flexibility index (Phi) is 4.78. The minimum absolute atomic E-state index is 0.0120. The van der Waals surface area contributed by atoms with Crippen LogP contribution in [-0.2, 0) is 6.61 Å². The lowest BCUT2D eigenvalue weighted by Crippen LogP contribution is -2.14. The molecule has 0 saturated heterocycles. The zero-order chi connectivity index (χ0) is 18.7. The van der Waals surface area contributed by atoms with Crippen LogP contribution >= 0.6 is 0 Å². The molecule has 2 aromatic heterocycles. The summed E-state index contributed by atoms with van der Waals surface area (Å²) in [6.45, 7) is -0.353. The van der Waals surface area contributed by atoms with E-state index < -0.39 is 23.8 Å². The normalized spacial score (nSPS) is 10.9. The molecular weight excluding hydrogens is 353 g/mol. The number of nitrogens with two attached hydrogens (primary N) is 1. The van der Waals surface area contributed by atoms with Gasteiger partial charge >= 0.3 is 0 Å². The van der Waals surface area contributed by atoms with Gasteiger partial charge in [0.15, 0.2) is 11.4 Å². The average Bonchev–Trinajstić information content (AvgIpc) is 3.05. The highest BCUT2D eigenvalue weighted by atomic mass is 19.3. The minimum Gasteiger partial charge on any atom is -0.470 e. The minimum atomic E-state index is -2.88. The van der Waals surface area contributed by atoms with Crippen molar-refractivity contribution in [2.75, 3.05) is 0 Å². The largest absolute Gasteiger partial charge is 0.470 e. The van der Waals surface area contributed by atoms with Crippen molar-refractivity contribution in [2.24, 2.45) is 5.73 Å². The third-order valence-electron chi connectivity index (χ3n) is 3.32. The topological polar surface area (TPSA) is 109 Å². The first kappa shape index (κ1) is 17.3.